The smallest absolute Gasteiger partial charge is 0.364 e. The number of amides is 3. The summed E-state index contributed by atoms with van der Waals surface area (Å²) >= 11 is 0. The van der Waals surface area contributed by atoms with Crippen molar-refractivity contribution in [2.24, 2.45) is 0 Å². The van der Waals surface area contributed by atoms with Crippen LogP contribution in [0.15, 0.2) is 0 Å². The fourth-order valence-electron chi connectivity index (χ4n) is 5.85. The minimum atomic E-state index is -2.92. The Morgan fingerprint density at radius 3 is 2.00 bits per heavy atom. The molecule has 14 N–H and O–H groups in total. The van der Waals surface area contributed by atoms with Gasteiger partial charge in [-0.25, -0.2) is 4.79 Å². The number of hydrogen-bond acceptors (Lipinski definition) is 19. The molecular formula is C27H45N3O20. The van der Waals surface area contributed by atoms with Gasteiger partial charge < -0.3 is 95.8 Å². The molecule has 0 radical (unpaired) electrons. The summed E-state index contributed by atoms with van der Waals surface area (Å²) in [5.41, 5.74) is 0. The van der Waals surface area contributed by atoms with Gasteiger partial charge in [0.2, 0.25) is 17.7 Å². The lowest BCUT2D eigenvalue weighted by Gasteiger charge is -2.49. The second-order valence-electron chi connectivity index (χ2n) is 12.0. The number of aliphatic hydroxyl groups excluding tert-OH is 10. The van der Waals surface area contributed by atoms with Crippen LogP contribution in [0.2, 0.25) is 0 Å². The van der Waals surface area contributed by atoms with Gasteiger partial charge in [-0.1, -0.05) is 0 Å². The highest BCUT2D eigenvalue weighted by molar-refractivity contribution is 5.78. The summed E-state index contributed by atoms with van der Waals surface area (Å²) in [6, 6.07) is -4.79. The van der Waals surface area contributed by atoms with Crippen LogP contribution in [-0.2, 0) is 42.9 Å². The molecule has 50 heavy (non-hydrogen) atoms. The van der Waals surface area contributed by atoms with Crippen molar-refractivity contribution in [3.63, 3.8) is 0 Å². The Balaban J connectivity index is 1.92. The predicted molar refractivity (Wildman–Crippen MR) is 155 cm³/mol. The molecule has 0 bridgehead atoms. The van der Waals surface area contributed by atoms with E-state index in [4.69, 9.17) is 28.8 Å². The molecule has 3 rings (SSSR count). The van der Waals surface area contributed by atoms with E-state index in [2.05, 4.69) is 16.0 Å². The number of hydrogen-bond donors (Lipinski definition) is 14. The summed E-state index contributed by atoms with van der Waals surface area (Å²) < 4.78 is 27.7. The zero-order valence-electron chi connectivity index (χ0n) is 26.8. The zero-order valence-corrected chi connectivity index (χ0v) is 26.8. The maximum atomic E-state index is 12.6. The van der Waals surface area contributed by atoms with Gasteiger partial charge in [0.1, 0.15) is 73.6 Å². The number of aliphatic hydroxyl groups is 10. The van der Waals surface area contributed by atoms with Gasteiger partial charge in [0.25, 0.3) is 5.79 Å². The molecule has 0 saturated carbocycles. The summed E-state index contributed by atoms with van der Waals surface area (Å²) in [4.78, 5) is 48.3. The van der Waals surface area contributed by atoms with Crippen LogP contribution in [0.5, 0.6) is 0 Å². The van der Waals surface area contributed by atoms with Crippen molar-refractivity contribution in [1.82, 2.24) is 16.0 Å². The molecule has 288 valence electrons. The Labute approximate surface area is 283 Å². The van der Waals surface area contributed by atoms with Crippen molar-refractivity contribution in [2.45, 2.75) is 118 Å². The quantitative estimate of drug-likeness (QED) is 0.0788. The third-order valence-corrected chi connectivity index (χ3v) is 8.37. The molecular weight excluding hydrogens is 686 g/mol. The molecule has 3 amide bonds. The van der Waals surface area contributed by atoms with Crippen molar-refractivity contribution in [3.8, 4) is 0 Å². The standard InChI is InChI=1S/C27H45N3O20/c1-8(34)28-16-21(42)19(40)12(5-32)48-25(16)49-22-17(29-9(2)35)24(43)47-13(20(22)41)7-46-27(26(44)45)3-10(36)15(30-14(38)6-33)23(50-27)18(39)11(37)4-31/h10-13,15-25,31-33,36-37,39-43H,3-7H2,1-2H3,(H,28,34)(H,29,35)(H,30,38)(H,44,45)/t10-,11+,12+,13+,15+,16+,17+,18+,19-,20-,21+,22+,23+,24?,25-,27+/m0/s1. The average molecular weight is 732 g/mol. The summed E-state index contributed by atoms with van der Waals surface area (Å²) in [6.45, 7) is -1.90. The molecule has 23 heteroatoms. The molecule has 3 heterocycles. The first-order valence-corrected chi connectivity index (χ1v) is 15.3. The normalized spacial score (nSPS) is 40.3. The number of carbonyl (C=O) groups is 4. The fraction of sp³-hybridized carbons (Fsp3) is 0.852. The second-order valence-corrected chi connectivity index (χ2v) is 12.0. The Morgan fingerprint density at radius 1 is 0.840 bits per heavy atom. The molecule has 0 aromatic heterocycles. The maximum absolute atomic E-state index is 12.6. The number of carbonyl (C=O) groups excluding carboxylic acids is 3. The van der Waals surface area contributed by atoms with E-state index in [-0.39, 0.29) is 0 Å². The summed E-state index contributed by atoms with van der Waals surface area (Å²) in [7, 11) is 0. The van der Waals surface area contributed by atoms with Gasteiger partial charge in [-0.3, -0.25) is 14.4 Å². The van der Waals surface area contributed by atoms with E-state index in [0.717, 1.165) is 13.8 Å². The maximum Gasteiger partial charge on any atom is 0.364 e. The lowest BCUT2D eigenvalue weighted by Crippen LogP contribution is -2.70. The SMILES string of the molecule is CC(=O)N[C@H]1[C@H](O[C@H]2[C@@H](O)[C@@H](CO[C@]3(C(=O)O)C[C@H](O)[C@@H](NC(=O)CO)[C@H]([C@H](O)[C@H](O)CO)O3)OC(O)[C@@H]2NC(C)=O)O[C@H](CO)[C@H](O)[C@@H]1O. The summed E-state index contributed by atoms with van der Waals surface area (Å²) in [5.74, 6) is -7.41. The molecule has 3 aliphatic heterocycles. The average Bonchev–Trinajstić information content (AvgIpc) is 3.06. The first kappa shape index (κ1) is 41.7. The van der Waals surface area contributed by atoms with Crippen LogP contribution in [0.4, 0.5) is 0 Å². The minimum Gasteiger partial charge on any atom is -0.477 e. The molecule has 16 atom stereocenters. The predicted octanol–water partition coefficient (Wildman–Crippen LogP) is -8.96. The topological polar surface area (TPSA) is 373 Å². The first-order chi connectivity index (χ1) is 23.4. The summed E-state index contributed by atoms with van der Waals surface area (Å²) in [5, 5.41) is 120. The Hall–Kier alpha value is -2.72. The van der Waals surface area contributed by atoms with Gasteiger partial charge in [0.15, 0.2) is 12.6 Å². The van der Waals surface area contributed by atoms with E-state index in [9.17, 15) is 70.2 Å². The third-order valence-electron chi connectivity index (χ3n) is 8.37. The van der Waals surface area contributed by atoms with Gasteiger partial charge in [-0.05, 0) is 0 Å². The van der Waals surface area contributed by atoms with Gasteiger partial charge in [0, 0.05) is 20.3 Å². The number of ether oxygens (including phenoxy) is 5. The lowest BCUT2D eigenvalue weighted by molar-refractivity contribution is -0.342. The number of nitrogens with one attached hydrogen (secondary N) is 3. The van der Waals surface area contributed by atoms with E-state index < -0.39 is 154 Å². The highest BCUT2D eigenvalue weighted by Gasteiger charge is 2.57. The Kier molecular flexibility index (Phi) is 14.7. The van der Waals surface area contributed by atoms with Crippen LogP contribution in [0.3, 0.4) is 0 Å². The van der Waals surface area contributed by atoms with E-state index in [1.54, 1.807) is 0 Å². The number of carboxylic acids is 1. The van der Waals surface area contributed by atoms with Gasteiger partial charge >= 0.3 is 5.97 Å². The Morgan fingerprint density at radius 2 is 1.46 bits per heavy atom. The van der Waals surface area contributed by atoms with E-state index in [0.29, 0.717) is 0 Å². The van der Waals surface area contributed by atoms with Gasteiger partial charge in [-0.15, -0.1) is 0 Å². The van der Waals surface area contributed by atoms with Crippen molar-refractivity contribution < 1.29 is 99.0 Å². The van der Waals surface area contributed by atoms with Crippen LogP contribution in [0.25, 0.3) is 0 Å². The Bertz CT molecular complexity index is 1180. The molecule has 23 nitrogen and oxygen atoms in total. The number of rotatable bonds is 14. The van der Waals surface area contributed by atoms with Crippen molar-refractivity contribution in [1.29, 1.82) is 0 Å². The van der Waals surface area contributed by atoms with Gasteiger partial charge in [-0.2, -0.15) is 0 Å². The van der Waals surface area contributed by atoms with Crippen LogP contribution < -0.4 is 16.0 Å². The first-order valence-electron chi connectivity index (χ1n) is 15.3. The van der Waals surface area contributed by atoms with Crippen LogP contribution in [0.1, 0.15) is 20.3 Å². The van der Waals surface area contributed by atoms with E-state index in [1.165, 1.54) is 0 Å². The number of aliphatic carboxylic acids is 1. The highest BCUT2D eigenvalue weighted by Crippen LogP contribution is 2.35. The summed E-state index contributed by atoms with van der Waals surface area (Å²) in [6.07, 6.45) is -23.3. The molecule has 3 fully saturated rings. The molecule has 0 spiro atoms. The molecule has 0 aromatic carbocycles. The minimum absolute atomic E-state index is 0.722. The number of carboxylic acid groups (broad SMARTS) is 1. The molecule has 0 aromatic rings. The van der Waals surface area contributed by atoms with Crippen LogP contribution >= 0.6 is 0 Å². The van der Waals surface area contributed by atoms with Crippen LogP contribution in [-0.4, -0.2) is 204 Å². The lowest BCUT2D eigenvalue weighted by atomic mass is 9.88. The van der Waals surface area contributed by atoms with Crippen molar-refractivity contribution in [2.75, 3.05) is 26.4 Å². The largest absolute Gasteiger partial charge is 0.477 e. The third kappa shape index (κ3) is 9.38. The molecule has 0 aliphatic carbocycles. The van der Waals surface area contributed by atoms with E-state index >= 15 is 0 Å². The molecule has 3 aliphatic rings. The zero-order chi connectivity index (χ0) is 37.7. The van der Waals surface area contributed by atoms with Crippen molar-refractivity contribution >= 4 is 23.7 Å². The monoisotopic (exact) mass is 731 g/mol. The van der Waals surface area contributed by atoms with E-state index in [1.807, 2.05) is 0 Å². The van der Waals surface area contributed by atoms with Gasteiger partial charge in [0.05, 0.1) is 32.0 Å². The van der Waals surface area contributed by atoms with Crippen LogP contribution in [0, 0.1) is 0 Å². The van der Waals surface area contributed by atoms with Crippen molar-refractivity contribution in [3.05, 3.63) is 0 Å². The highest BCUT2D eigenvalue weighted by atomic mass is 16.7. The second kappa shape index (κ2) is 17.7. The fourth-order valence-corrected chi connectivity index (χ4v) is 5.85. The molecule has 1 unspecified atom stereocenters. The molecule has 3 saturated heterocycles.